The van der Waals surface area contributed by atoms with Crippen molar-refractivity contribution in [3.63, 3.8) is 0 Å². The van der Waals surface area contributed by atoms with Crippen molar-refractivity contribution >= 4 is 28.6 Å². The maximum absolute atomic E-state index is 12.9. The van der Waals surface area contributed by atoms with Crippen LogP contribution in [0.15, 0.2) is 48.5 Å². The van der Waals surface area contributed by atoms with E-state index in [4.69, 9.17) is 14.7 Å². The minimum Gasteiger partial charge on any atom is -0.492 e. The largest absolute Gasteiger partial charge is 0.492 e. The monoisotopic (exact) mass is 544 g/mol. The Morgan fingerprint density at radius 1 is 0.850 bits per heavy atom. The molecule has 40 heavy (non-hydrogen) atoms. The van der Waals surface area contributed by atoms with Crippen molar-refractivity contribution in [2.45, 2.75) is 44.9 Å². The van der Waals surface area contributed by atoms with E-state index in [0.717, 1.165) is 93.4 Å². The number of anilines is 2. The molecule has 214 valence electrons. The number of carbonyl (C=O) groups excluding carboxylic acids is 1. The first-order chi connectivity index (χ1) is 19.6. The van der Waals surface area contributed by atoms with Crippen LogP contribution in [0.1, 0.15) is 55.3 Å². The molecule has 8 heteroatoms. The SMILES string of the molecule is CN(C)CCCCN(CCOc1cccc(C(=O)N2CCCC2)c1)c1nc(N2CCCCC2)nc2ccccc12. The fourth-order valence-electron chi connectivity index (χ4n) is 5.67. The van der Waals surface area contributed by atoms with E-state index in [1.165, 1.54) is 19.3 Å². The van der Waals surface area contributed by atoms with Crippen molar-refractivity contribution < 1.29 is 9.53 Å². The highest BCUT2D eigenvalue weighted by molar-refractivity contribution is 5.94. The molecule has 2 aliphatic rings. The molecule has 1 aromatic heterocycles. The number of hydrogen-bond donors (Lipinski definition) is 0. The third kappa shape index (κ3) is 7.22. The maximum atomic E-state index is 12.9. The zero-order valence-corrected chi connectivity index (χ0v) is 24.2. The summed E-state index contributed by atoms with van der Waals surface area (Å²) in [5.41, 5.74) is 1.69. The summed E-state index contributed by atoms with van der Waals surface area (Å²) in [6, 6.07) is 16.0. The van der Waals surface area contributed by atoms with Crippen LogP contribution in [0.4, 0.5) is 11.8 Å². The summed E-state index contributed by atoms with van der Waals surface area (Å²) >= 11 is 0. The summed E-state index contributed by atoms with van der Waals surface area (Å²) in [4.78, 5) is 31.9. The second kappa shape index (κ2) is 13.8. The number of amides is 1. The van der Waals surface area contributed by atoms with Gasteiger partial charge in [-0.3, -0.25) is 4.79 Å². The quantitative estimate of drug-likeness (QED) is 0.295. The first-order valence-electron chi connectivity index (χ1n) is 15.0. The molecule has 1 amide bonds. The molecule has 0 unspecified atom stereocenters. The molecule has 3 heterocycles. The van der Waals surface area contributed by atoms with Crippen LogP contribution in [0.5, 0.6) is 5.75 Å². The Labute approximate surface area is 238 Å². The predicted octanol–water partition coefficient (Wildman–Crippen LogP) is 5.08. The lowest BCUT2D eigenvalue weighted by Gasteiger charge is -2.30. The zero-order chi connectivity index (χ0) is 27.7. The fourth-order valence-corrected chi connectivity index (χ4v) is 5.67. The Hall–Kier alpha value is -3.39. The van der Waals surface area contributed by atoms with Crippen molar-refractivity contribution in [3.8, 4) is 5.75 Å². The minimum atomic E-state index is 0.100. The molecular weight excluding hydrogens is 500 g/mol. The van der Waals surface area contributed by atoms with E-state index in [0.29, 0.717) is 18.7 Å². The van der Waals surface area contributed by atoms with E-state index in [9.17, 15) is 4.79 Å². The van der Waals surface area contributed by atoms with Crippen LogP contribution in [0, 0.1) is 0 Å². The molecule has 2 aromatic carbocycles. The number of benzene rings is 2. The van der Waals surface area contributed by atoms with Gasteiger partial charge in [0.2, 0.25) is 5.95 Å². The van der Waals surface area contributed by atoms with Gasteiger partial charge in [0.25, 0.3) is 5.91 Å². The Morgan fingerprint density at radius 3 is 2.40 bits per heavy atom. The number of para-hydroxylation sites is 1. The molecule has 0 atom stereocenters. The number of piperidine rings is 1. The fraction of sp³-hybridized carbons (Fsp3) is 0.531. The van der Waals surface area contributed by atoms with Gasteiger partial charge in [0.1, 0.15) is 18.2 Å². The van der Waals surface area contributed by atoms with Gasteiger partial charge in [0.05, 0.1) is 12.1 Å². The molecule has 0 spiro atoms. The number of carbonyl (C=O) groups is 1. The van der Waals surface area contributed by atoms with E-state index >= 15 is 0 Å². The summed E-state index contributed by atoms with van der Waals surface area (Å²) in [7, 11) is 4.24. The van der Waals surface area contributed by atoms with Gasteiger partial charge in [-0.05, 0) is 95.9 Å². The predicted molar refractivity (Wildman–Crippen MR) is 163 cm³/mol. The lowest BCUT2D eigenvalue weighted by Crippen LogP contribution is -2.34. The smallest absolute Gasteiger partial charge is 0.253 e. The lowest BCUT2D eigenvalue weighted by atomic mass is 10.1. The van der Waals surface area contributed by atoms with Gasteiger partial charge < -0.3 is 24.3 Å². The zero-order valence-electron chi connectivity index (χ0n) is 24.2. The first kappa shape index (κ1) is 28.1. The molecule has 3 aromatic rings. The summed E-state index contributed by atoms with van der Waals surface area (Å²) < 4.78 is 6.24. The number of likely N-dealkylation sites (tertiary alicyclic amines) is 1. The second-order valence-electron chi connectivity index (χ2n) is 11.3. The molecule has 5 rings (SSSR count). The first-order valence-corrected chi connectivity index (χ1v) is 15.0. The number of rotatable bonds is 12. The van der Waals surface area contributed by atoms with Crippen molar-refractivity contribution in [1.82, 2.24) is 19.8 Å². The van der Waals surface area contributed by atoms with Crippen molar-refractivity contribution in [3.05, 3.63) is 54.1 Å². The topological polar surface area (TPSA) is 65.0 Å². The Morgan fingerprint density at radius 2 is 1.60 bits per heavy atom. The van der Waals surface area contributed by atoms with Gasteiger partial charge in [-0.2, -0.15) is 4.98 Å². The molecule has 0 N–H and O–H groups in total. The van der Waals surface area contributed by atoms with E-state index < -0.39 is 0 Å². The Kier molecular flexibility index (Phi) is 9.71. The van der Waals surface area contributed by atoms with E-state index in [1.54, 1.807) is 0 Å². The highest BCUT2D eigenvalue weighted by Gasteiger charge is 2.21. The molecule has 0 bridgehead atoms. The summed E-state index contributed by atoms with van der Waals surface area (Å²) in [6.07, 6.45) is 8.01. The molecule has 0 saturated carbocycles. The normalized spacial score (nSPS) is 15.7. The Balaban J connectivity index is 1.34. The molecule has 8 nitrogen and oxygen atoms in total. The molecular formula is C32H44N6O2. The molecule has 2 aliphatic heterocycles. The lowest BCUT2D eigenvalue weighted by molar-refractivity contribution is 0.0792. The number of hydrogen-bond acceptors (Lipinski definition) is 7. The van der Waals surface area contributed by atoms with Crippen LogP contribution in [0.25, 0.3) is 10.9 Å². The second-order valence-corrected chi connectivity index (χ2v) is 11.3. The van der Waals surface area contributed by atoms with Crippen molar-refractivity contribution in [1.29, 1.82) is 0 Å². The minimum absolute atomic E-state index is 0.100. The van der Waals surface area contributed by atoms with Gasteiger partial charge in [-0.1, -0.05) is 18.2 Å². The van der Waals surface area contributed by atoms with E-state index in [1.807, 2.05) is 29.2 Å². The van der Waals surface area contributed by atoms with Gasteiger partial charge in [-0.25, -0.2) is 4.98 Å². The van der Waals surface area contributed by atoms with Crippen LogP contribution in [0.3, 0.4) is 0 Å². The molecule has 0 aliphatic carbocycles. The highest BCUT2D eigenvalue weighted by Crippen LogP contribution is 2.28. The third-order valence-corrected chi connectivity index (χ3v) is 7.90. The van der Waals surface area contributed by atoms with Gasteiger partial charge in [0.15, 0.2) is 0 Å². The number of nitrogens with zero attached hydrogens (tertiary/aromatic N) is 6. The molecule has 2 saturated heterocycles. The number of ether oxygens (including phenoxy) is 1. The summed E-state index contributed by atoms with van der Waals surface area (Å²) in [6.45, 7) is 6.88. The Bertz CT molecular complexity index is 1250. The molecule has 2 fully saturated rings. The van der Waals surface area contributed by atoms with E-state index in [2.05, 4.69) is 53.1 Å². The number of fused-ring (bicyclic) bond motifs is 1. The van der Waals surface area contributed by atoms with Crippen molar-refractivity contribution in [2.75, 3.05) is 76.3 Å². The average Bonchev–Trinajstić information content (AvgIpc) is 3.53. The van der Waals surface area contributed by atoms with Gasteiger partial charge in [-0.15, -0.1) is 0 Å². The van der Waals surface area contributed by atoms with Gasteiger partial charge in [0, 0.05) is 43.7 Å². The maximum Gasteiger partial charge on any atom is 0.253 e. The summed E-state index contributed by atoms with van der Waals surface area (Å²) in [5, 5.41) is 1.08. The van der Waals surface area contributed by atoms with E-state index in [-0.39, 0.29) is 5.91 Å². The van der Waals surface area contributed by atoms with Crippen molar-refractivity contribution in [2.24, 2.45) is 0 Å². The van der Waals surface area contributed by atoms with Crippen LogP contribution in [-0.2, 0) is 0 Å². The number of unbranched alkanes of at least 4 members (excludes halogenated alkanes) is 1. The summed E-state index contributed by atoms with van der Waals surface area (Å²) in [5.74, 6) is 2.65. The average molecular weight is 545 g/mol. The van der Waals surface area contributed by atoms with Crippen LogP contribution in [-0.4, -0.2) is 92.2 Å². The van der Waals surface area contributed by atoms with Gasteiger partial charge >= 0.3 is 0 Å². The highest BCUT2D eigenvalue weighted by atomic mass is 16.5. The standard InChI is InChI=1S/C32H44N6O2/c1-35(2)17-8-9-18-36(23-24-40-27-14-12-13-26(25-27)31(39)37-19-10-11-20-37)30-28-15-4-5-16-29(28)33-32(34-30)38-21-6-3-7-22-38/h4-5,12-16,25H,3,6-11,17-24H2,1-2H3. The molecule has 0 radical (unpaired) electrons. The van der Waals surface area contributed by atoms with Crippen LogP contribution < -0.4 is 14.5 Å². The van der Waals surface area contributed by atoms with Crippen LogP contribution in [0.2, 0.25) is 0 Å². The third-order valence-electron chi connectivity index (χ3n) is 7.90. The number of aromatic nitrogens is 2. The van der Waals surface area contributed by atoms with Crippen LogP contribution >= 0.6 is 0 Å².